The molecule has 0 aromatic heterocycles. The number of hydrogen-bond donors (Lipinski definition) is 1. The molecular formula is C15H28F2O5S. The summed E-state index contributed by atoms with van der Waals surface area (Å²) < 4.78 is 58.7. The topological polar surface area (TPSA) is 80.7 Å². The lowest BCUT2D eigenvalue weighted by Crippen LogP contribution is -2.39. The Morgan fingerprint density at radius 2 is 1.43 bits per heavy atom. The van der Waals surface area contributed by atoms with Crippen LogP contribution in [0, 0.1) is 5.92 Å². The lowest BCUT2D eigenvalue weighted by molar-refractivity contribution is -0.161. The third-order valence-electron chi connectivity index (χ3n) is 3.47. The van der Waals surface area contributed by atoms with E-state index in [-0.39, 0.29) is 6.61 Å². The molecule has 0 heterocycles. The van der Waals surface area contributed by atoms with Crippen LogP contribution in [0.3, 0.4) is 0 Å². The number of alkyl halides is 2. The van der Waals surface area contributed by atoms with Crippen molar-refractivity contribution in [1.82, 2.24) is 0 Å². The van der Waals surface area contributed by atoms with Crippen LogP contribution >= 0.6 is 0 Å². The van der Waals surface area contributed by atoms with E-state index in [2.05, 4.69) is 18.6 Å². The molecule has 0 amide bonds. The molecule has 8 heteroatoms. The summed E-state index contributed by atoms with van der Waals surface area (Å²) in [7, 11) is -5.78. The Balaban J connectivity index is 3.55. The second-order valence-electron chi connectivity index (χ2n) is 6.14. The van der Waals surface area contributed by atoms with Gasteiger partial charge in [0.2, 0.25) is 0 Å². The highest BCUT2D eigenvalue weighted by atomic mass is 32.2. The highest BCUT2D eigenvalue weighted by molar-refractivity contribution is 7.87. The van der Waals surface area contributed by atoms with Gasteiger partial charge in [0.15, 0.2) is 0 Å². The van der Waals surface area contributed by atoms with Gasteiger partial charge in [-0.25, -0.2) is 4.79 Å². The normalized spacial score (nSPS) is 12.6. The van der Waals surface area contributed by atoms with Gasteiger partial charge in [0.1, 0.15) is 0 Å². The van der Waals surface area contributed by atoms with Crippen LogP contribution in [-0.2, 0) is 19.6 Å². The first kappa shape index (κ1) is 22.2. The van der Waals surface area contributed by atoms with Crippen LogP contribution in [0.25, 0.3) is 0 Å². The summed E-state index contributed by atoms with van der Waals surface area (Å²) in [4.78, 5) is 10.9. The maximum Gasteiger partial charge on any atom is 0.465 e. The highest BCUT2D eigenvalue weighted by Crippen LogP contribution is 2.22. The Labute approximate surface area is 137 Å². The summed E-state index contributed by atoms with van der Waals surface area (Å²) in [5.74, 6) is -1.49. The first-order valence-electron chi connectivity index (χ1n) is 8.11. The summed E-state index contributed by atoms with van der Waals surface area (Å²) in [5.41, 5.74) is 0. The second kappa shape index (κ2) is 10.9. The molecule has 5 nitrogen and oxygen atoms in total. The molecule has 0 spiro atoms. The minimum atomic E-state index is -5.78. The molecule has 0 aliphatic carbocycles. The molecule has 0 aliphatic rings. The number of halogens is 2. The minimum Gasteiger partial charge on any atom is -0.460 e. The molecule has 0 unspecified atom stereocenters. The van der Waals surface area contributed by atoms with E-state index in [0.717, 1.165) is 31.6 Å². The van der Waals surface area contributed by atoms with Crippen LogP contribution in [0.5, 0.6) is 0 Å². The third-order valence-corrected chi connectivity index (χ3v) is 4.29. The summed E-state index contributed by atoms with van der Waals surface area (Å²) in [6, 6.07) is 0. The van der Waals surface area contributed by atoms with Gasteiger partial charge in [-0.2, -0.15) is 17.2 Å². The number of hydrogen-bond acceptors (Lipinski definition) is 4. The Hall–Kier alpha value is -0.760. The van der Waals surface area contributed by atoms with Crippen LogP contribution in [0.1, 0.15) is 71.6 Å². The SMILES string of the molecule is CC(C)CCCCCCCCCCOC(=O)C(F)(F)S(=O)(=O)O. The Morgan fingerprint density at radius 3 is 1.87 bits per heavy atom. The van der Waals surface area contributed by atoms with E-state index in [1.165, 1.54) is 25.7 Å². The lowest BCUT2D eigenvalue weighted by Gasteiger charge is -2.11. The van der Waals surface area contributed by atoms with Gasteiger partial charge in [0.05, 0.1) is 6.61 Å². The molecule has 0 radical (unpaired) electrons. The zero-order valence-electron chi connectivity index (χ0n) is 13.9. The van der Waals surface area contributed by atoms with E-state index in [0.29, 0.717) is 6.42 Å². The third kappa shape index (κ3) is 9.86. The number of rotatable bonds is 13. The van der Waals surface area contributed by atoms with Crippen molar-refractivity contribution in [3.63, 3.8) is 0 Å². The van der Waals surface area contributed by atoms with E-state index in [4.69, 9.17) is 4.55 Å². The maximum absolute atomic E-state index is 12.8. The number of unbranched alkanes of at least 4 members (excludes halogenated alkanes) is 7. The van der Waals surface area contributed by atoms with Crippen molar-refractivity contribution in [2.45, 2.75) is 76.9 Å². The Morgan fingerprint density at radius 1 is 1.00 bits per heavy atom. The van der Waals surface area contributed by atoms with Gasteiger partial charge >= 0.3 is 21.3 Å². The zero-order valence-corrected chi connectivity index (χ0v) is 14.7. The van der Waals surface area contributed by atoms with Crippen LogP contribution in [0.4, 0.5) is 8.78 Å². The quantitative estimate of drug-likeness (QED) is 0.303. The van der Waals surface area contributed by atoms with Crippen molar-refractivity contribution in [2.75, 3.05) is 6.61 Å². The maximum atomic E-state index is 12.8. The molecule has 0 aromatic rings. The van der Waals surface area contributed by atoms with Crippen molar-refractivity contribution in [2.24, 2.45) is 5.92 Å². The summed E-state index contributed by atoms with van der Waals surface area (Å²) >= 11 is 0. The van der Waals surface area contributed by atoms with E-state index in [1.807, 2.05) is 0 Å². The van der Waals surface area contributed by atoms with Crippen molar-refractivity contribution >= 4 is 16.1 Å². The highest BCUT2D eigenvalue weighted by Gasteiger charge is 2.54. The van der Waals surface area contributed by atoms with Gasteiger partial charge in [-0.3, -0.25) is 4.55 Å². The zero-order chi connectivity index (χ0) is 17.9. The van der Waals surface area contributed by atoms with Gasteiger partial charge in [-0.1, -0.05) is 65.2 Å². The average molecular weight is 358 g/mol. The number of ether oxygens (including phenoxy) is 1. The molecule has 0 aliphatic heterocycles. The molecule has 0 rings (SSSR count). The fourth-order valence-electron chi connectivity index (χ4n) is 2.07. The van der Waals surface area contributed by atoms with Crippen LogP contribution in [0.15, 0.2) is 0 Å². The minimum absolute atomic E-state index is 0.279. The number of carbonyl (C=O) groups is 1. The van der Waals surface area contributed by atoms with Crippen molar-refractivity contribution in [3.8, 4) is 0 Å². The largest absolute Gasteiger partial charge is 0.465 e. The summed E-state index contributed by atoms with van der Waals surface area (Å²) in [6.45, 7) is 4.13. The fraction of sp³-hybridized carbons (Fsp3) is 0.933. The number of esters is 1. The second-order valence-corrected chi connectivity index (χ2v) is 7.60. The van der Waals surface area contributed by atoms with E-state index >= 15 is 0 Å². The summed E-state index contributed by atoms with van der Waals surface area (Å²) in [5, 5.41) is -4.90. The monoisotopic (exact) mass is 358 g/mol. The first-order chi connectivity index (χ1) is 10.6. The molecule has 1 N–H and O–H groups in total. The standard InChI is InChI=1S/C15H28F2O5S/c1-13(2)11-9-7-5-3-4-6-8-10-12-22-14(18)15(16,17)23(19,20)21/h13H,3-12H2,1-2H3,(H,19,20,21). The predicted molar refractivity (Wildman–Crippen MR) is 83.8 cm³/mol. The molecule has 0 saturated carbocycles. The summed E-state index contributed by atoms with van der Waals surface area (Å²) in [6.07, 6.45) is 9.08. The molecule has 23 heavy (non-hydrogen) atoms. The molecule has 0 saturated heterocycles. The Bertz CT molecular complexity index is 435. The fourth-order valence-corrected chi connectivity index (χ4v) is 2.34. The number of carbonyl (C=O) groups excluding carboxylic acids is 1. The van der Waals surface area contributed by atoms with Crippen LogP contribution < -0.4 is 0 Å². The molecule has 138 valence electrons. The smallest absolute Gasteiger partial charge is 0.460 e. The molecule has 0 aromatic carbocycles. The van der Waals surface area contributed by atoms with Gasteiger partial charge < -0.3 is 4.74 Å². The van der Waals surface area contributed by atoms with Gasteiger partial charge in [-0.15, -0.1) is 0 Å². The van der Waals surface area contributed by atoms with Crippen molar-refractivity contribution in [1.29, 1.82) is 0 Å². The lowest BCUT2D eigenvalue weighted by atomic mass is 10.0. The van der Waals surface area contributed by atoms with Gasteiger partial charge in [-0.05, 0) is 12.3 Å². The van der Waals surface area contributed by atoms with Crippen LogP contribution in [0.2, 0.25) is 0 Å². The predicted octanol–water partition coefficient (Wildman–Crippen LogP) is 4.18. The molecular weight excluding hydrogens is 330 g/mol. The van der Waals surface area contributed by atoms with Crippen LogP contribution in [-0.4, -0.2) is 30.8 Å². The molecule has 0 fully saturated rings. The van der Waals surface area contributed by atoms with E-state index < -0.39 is 21.3 Å². The average Bonchev–Trinajstić information content (AvgIpc) is 2.42. The van der Waals surface area contributed by atoms with Crippen molar-refractivity contribution < 1.29 is 31.3 Å². The van der Waals surface area contributed by atoms with Gasteiger partial charge in [0.25, 0.3) is 0 Å². The Kier molecular flexibility index (Phi) is 10.6. The van der Waals surface area contributed by atoms with Gasteiger partial charge in [0, 0.05) is 0 Å². The van der Waals surface area contributed by atoms with E-state index in [9.17, 15) is 22.0 Å². The van der Waals surface area contributed by atoms with E-state index in [1.54, 1.807) is 0 Å². The first-order valence-corrected chi connectivity index (χ1v) is 9.55. The molecule has 0 atom stereocenters. The molecule has 0 bridgehead atoms. The van der Waals surface area contributed by atoms with Crippen molar-refractivity contribution in [3.05, 3.63) is 0 Å².